The Morgan fingerprint density at radius 2 is 1.79 bits per heavy atom. The summed E-state index contributed by atoms with van der Waals surface area (Å²) >= 11 is 5.90. The average molecular weight is 269 g/mol. The van der Waals surface area contributed by atoms with Gasteiger partial charge in [-0.3, -0.25) is 0 Å². The van der Waals surface area contributed by atoms with E-state index in [2.05, 4.69) is 0 Å². The van der Waals surface area contributed by atoms with Crippen LogP contribution in [-0.4, -0.2) is 0 Å². The van der Waals surface area contributed by atoms with Crippen LogP contribution in [0.1, 0.15) is 16.7 Å². The standard InChI is InChI=1S/C15H9ClN2O/c1-10-2-3-11(8-17)6-14(10)19-15-7-13(16)5-4-12(15)9-18/h2-7H,1H3. The normalized spacial score (nSPS) is 9.47. The van der Waals surface area contributed by atoms with Crippen molar-refractivity contribution in [3.8, 4) is 23.6 Å². The number of benzene rings is 2. The Bertz CT molecular complexity index is 711. The Hall–Kier alpha value is -2.49. The Labute approximate surface area is 116 Å². The second-order valence-corrected chi connectivity index (χ2v) is 4.38. The van der Waals surface area contributed by atoms with E-state index in [1.54, 1.807) is 36.4 Å². The van der Waals surface area contributed by atoms with Gasteiger partial charge in [-0.25, -0.2) is 0 Å². The number of hydrogen-bond acceptors (Lipinski definition) is 3. The molecule has 0 bridgehead atoms. The van der Waals surface area contributed by atoms with Gasteiger partial charge in [0.1, 0.15) is 17.6 Å². The average Bonchev–Trinajstić information content (AvgIpc) is 2.41. The number of nitrogens with zero attached hydrogens (tertiary/aromatic N) is 2. The van der Waals surface area contributed by atoms with Crippen LogP contribution in [0.5, 0.6) is 11.5 Å². The summed E-state index contributed by atoms with van der Waals surface area (Å²) in [6.07, 6.45) is 0. The number of aryl methyl sites for hydroxylation is 1. The first-order valence-electron chi connectivity index (χ1n) is 5.52. The van der Waals surface area contributed by atoms with E-state index in [0.717, 1.165) is 5.56 Å². The minimum absolute atomic E-state index is 0.383. The van der Waals surface area contributed by atoms with Gasteiger partial charge in [0.15, 0.2) is 0 Å². The van der Waals surface area contributed by atoms with Crippen LogP contribution >= 0.6 is 11.6 Å². The molecule has 2 aromatic rings. The molecule has 0 aliphatic carbocycles. The Balaban J connectivity index is 2.45. The summed E-state index contributed by atoms with van der Waals surface area (Å²) in [5, 5.41) is 18.4. The third kappa shape index (κ3) is 2.85. The van der Waals surface area contributed by atoms with Crippen molar-refractivity contribution < 1.29 is 4.74 Å². The van der Waals surface area contributed by atoms with Gasteiger partial charge in [0.25, 0.3) is 0 Å². The van der Waals surface area contributed by atoms with Crippen molar-refractivity contribution in [3.63, 3.8) is 0 Å². The molecule has 0 aliphatic heterocycles. The second kappa shape index (κ2) is 5.44. The monoisotopic (exact) mass is 268 g/mol. The molecule has 0 saturated carbocycles. The zero-order chi connectivity index (χ0) is 13.8. The van der Waals surface area contributed by atoms with Gasteiger partial charge in [0.05, 0.1) is 17.2 Å². The topological polar surface area (TPSA) is 56.8 Å². The third-order valence-corrected chi connectivity index (χ3v) is 2.84. The third-order valence-electron chi connectivity index (χ3n) is 2.60. The van der Waals surface area contributed by atoms with Crippen molar-refractivity contribution in [1.82, 2.24) is 0 Å². The van der Waals surface area contributed by atoms with Crippen LogP contribution in [0.4, 0.5) is 0 Å². The van der Waals surface area contributed by atoms with Crippen LogP contribution in [0.2, 0.25) is 5.02 Å². The minimum Gasteiger partial charge on any atom is -0.456 e. The summed E-state index contributed by atoms with van der Waals surface area (Å²) in [5.74, 6) is 0.922. The van der Waals surface area contributed by atoms with Gasteiger partial charge in [0.2, 0.25) is 0 Å². The molecule has 92 valence electrons. The van der Waals surface area contributed by atoms with Crippen LogP contribution in [0, 0.1) is 29.6 Å². The molecule has 0 amide bonds. The summed E-state index contributed by atoms with van der Waals surface area (Å²) in [7, 11) is 0. The fraction of sp³-hybridized carbons (Fsp3) is 0.0667. The molecule has 0 aliphatic rings. The van der Waals surface area contributed by atoms with Crippen LogP contribution in [0.15, 0.2) is 36.4 Å². The summed E-state index contributed by atoms with van der Waals surface area (Å²) in [4.78, 5) is 0. The SMILES string of the molecule is Cc1ccc(C#N)cc1Oc1cc(Cl)ccc1C#N. The van der Waals surface area contributed by atoms with E-state index < -0.39 is 0 Å². The minimum atomic E-state index is 0.383. The van der Waals surface area contributed by atoms with E-state index in [9.17, 15) is 0 Å². The zero-order valence-electron chi connectivity index (χ0n) is 10.1. The van der Waals surface area contributed by atoms with E-state index in [4.69, 9.17) is 26.9 Å². The van der Waals surface area contributed by atoms with Gasteiger partial charge in [0, 0.05) is 11.1 Å². The molecule has 0 heterocycles. The van der Waals surface area contributed by atoms with Crippen molar-refractivity contribution in [2.24, 2.45) is 0 Å². The number of halogens is 1. The highest BCUT2D eigenvalue weighted by Gasteiger charge is 2.08. The lowest BCUT2D eigenvalue weighted by molar-refractivity contribution is 0.477. The van der Waals surface area contributed by atoms with Gasteiger partial charge < -0.3 is 4.74 Å². The highest BCUT2D eigenvalue weighted by molar-refractivity contribution is 6.30. The molecule has 3 nitrogen and oxygen atoms in total. The summed E-state index contributed by atoms with van der Waals surface area (Å²) < 4.78 is 5.70. The number of nitriles is 2. The first kappa shape index (κ1) is 13.0. The molecule has 2 rings (SSSR count). The Kier molecular flexibility index (Phi) is 3.71. The van der Waals surface area contributed by atoms with E-state index in [0.29, 0.717) is 27.6 Å². The maximum atomic E-state index is 9.03. The summed E-state index contributed by atoms with van der Waals surface area (Å²) in [6, 6.07) is 14.0. The number of hydrogen-bond donors (Lipinski definition) is 0. The van der Waals surface area contributed by atoms with Crippen molar-refractivity contribution in [2.75, 3.05) is 0 Å². The molecule has 0 aromatic heterocycles. The highest BCUT2D eigenvalue weighted by Crippen LogP contribution is 2.30. The van der Waals surface area contributed by atoms with E-state index in [1.165, 1.54) is 0 Å². The quantitative estimate of drug-likeness (QED) is 0.821. The molecule has 0 radical (unpaired) electrons. The largest absolute Gasteiger partial charge is 0.456 e. The van der Waals surface area contributed by atoms with Gasteiger partial charge in [-0.15, -0.1) is 0 Å². The van der Waals surface area contributed by atoms with Crippen LogP contribution in [0.3, 0.4) is 0 Å². The van der Waals surface area contributed by atoms with Crippen molar-refractivity contribution in [3.05, 3.63) is 58.1 Å². The molecule has 19 heavy (non-hydrogen) atoms. The summed E-state index contributed by atoms with van der Waals surface area (Å²) in [6.45, 7) is 1.87. The van der Waals surface area contributed by atoms with Crippen LogP contribution < -0.4 is 4.74 Å². The smallest absolute Gasteiger partial charge is 0.146 e. The maximum Gasteiger partial charge on any atom is 0.146 e. The van der Waals surface area contributed by atoms with Gasteiger partial charge in [-0.1, -0.05) is 17.7 Å². The van der Waals surface area contributed by atoms with Crippen molar-refractivity contribution in [2.45, 2.75) is 6.92 Å². The molecular weight excluding hydrogens is 260 g/mol. The fourth-order valence-corrected chi connectivity index (χ4v) is 1.73. The lowest BCUT2D eigenvalue weighted by atomic mass is 10.1. The predicted molar refractivity (Wildman–Crippen MR) is 72.1 cm³/mol. The molecule has 0 fully saturated rings. The zero-order valence-corrected chi connectivity index (χ0v) is 10.9. The molecule has 0 unspecified atom stereocenters. The molecule has 0 atom stereocenters. The fourth-order valence-electron chi connectivity index (χ4n) is 1.57. The Morgan fingerprint density at radius 1 is 1.00 bits per heavy atom. The van der Waals surface area contributed by atoms with E-state index in [-0.39, 0.29) is 0 Å². The highest BCUT2D eigenvalue weighted by atomic mass is 35.5. The van der Waals surface area contributed by atoms with E-state index >= 15 is 0 Å². The van der Waals surface area contributed by atoms with Gasteiger partial charge in [-0.2, -0.15) is 10.5 Å². The molecular formula is C15H9ClN2O. The molecule has 2 aromatic carbocycles. The Morgan fingerprint density at radius 3 is 2.47 bits per heavy atom. The van der Waals surface area contributed by atoms with E-state index in [1.807, 2.05) is 19.1 Å². The first-order valence-corrected chi connectivity index (χ1v) is 5.90. The van der Waals surface area contributed by atoms with Gasteiger partial charge >= 0.3 is 0 Å². The van der Waals surface area contributed by atoms with Crippen LogP contribution in [0.25, 0.3) is 0 Å². The molecule has 0 N–H and O–H groups in total. The molecule has 4 heteroatoms. The predicted octanol–water partition coefficient (Wildman–Crippen LogP) is 4.18. The summed E-state index contributed by atoms with van der Waals surface area (Å²) in [5.41, 5.74) is 1.77. The molecule has 0 spiro atoms. The number of rotatable bonds is 2. The maximum absolute atomic E-state index is 9.03. The first-order chi connectivity index (χ1) is 9.13. The molecule has 0 saturated heterocycles. The lowest BCUT2D eigenvalue weighted by Crippen LogP contribution is -1.91. The second-order valence-electron chi connectivity index (χ2n) is 3.95. The number of ether oxygens (including phenoxy) is 1. The lowest BCUT2D eigenvalue weighted by Gasteiger charge is -2.10. The van der Waals surface area contributed by atoms with Crippen LogP contribution in [-0.2, 0) is 0 Å². The van der Waals surface area contributed by atoms with Gasteiger partial charge in [-0.05, 0) is 36.8 Å². The van der Waals surface area contributed by atoms with Crippen molar-refractivity contribution in [1.29, 1.82) is 10.5 Å². The van der Waals surface area contributed by atoms with Crippen molar-refractivity contribution >= 4 is 11.6 Å².